The smallest absolute Gasteiger partial charge is 0.505 e. The summed E-state index contributed by atoms with van der Waals surface area (Å²) in [5.74, 6) is 0.0998. The van der Waals surface area contributed by atoms with Gasteiger partial charge in [0.2, 0.25) is 0 Å². The van der Waals surface area contributed by atoms with E-state index in [1.54, 1.807) is 18.2 Å². The van der Waals surface area contributed by atoms with Crippen molar-refractivity contribution in [1.82, 2.24) is 4.98 Å². The van der Waals surface area contributed by atoms with Gasteiger partial charge in [-0.05, 0) is 19.1 Å². The fraction of sp³-hybridized carbons (Fsp3) is 0.0556. The summed E-state index contributed by atoms with van der Waals surface area (Å²) in [5, 5.41) is 0.997. The van der Waals surface area contributed by atoms with E-state index in [-0.39, 0.29) is 5.76 Å². The molecule has 0 unspecified atom stereocenters. The zero-order valence-electron chi connectivity index (χ0n) is 12.5. The summed E-state index contributed by atoms with van der Waals surface area (Å²) in [7, 11) is -2.89. The maximum atomic E-state index is 12.7. The maximum absolute atomic E-state index is 12.7. The molecule has 0 aliphatic rings. The lowest BCUT2D eigenvalue weighted by Gasteiger charge is -2.09. The highest BCUT2D eigenvalue weighted by atomic mass is 19.2. The predicted octanol–water partition coefficient (Wildman–Crippen LogP) is 4.98. The number of nitrogens with zero attached hydrogens (tertiary/aromatic N) is 1. The van der Waals surface area contributed by atoms with E-state index in [1.165, 1.54) is 6.08 Å². The molecule has 1 aromatic heterocycles. The van der Waals surface area contributed by atoms with E-state index in [4.69, 9.17) is 0 Å². The van der Waals surface area contributed by atoms with Gasteiger partial charge >= 0.3 is 7.47 Å². The molecule has 3 rings (SSSR count). The van der Waals surface area contributed by atoms with Crippen LogP contribution < -0.4 is 0 Å². The second kappa shape index (κ2) is 6.61. The molecule has 2 nitrogen and oxygen atoms in total. The average molecular weight is 309 g/mol. The molecule has 0 atom stereocenters. The first kappa shape index (κ1) is 15.2. The van der Waals surface area contributed by atoms with Crippen LogP contribution in [0.25, 0.3) is 22.7 Å². The number of aromatic nitrogens is 1. The molecular weight excluding hydrogens is 295 g/mol. The van der Waals surface area contributed by atoms with Crippen molar-refractivity contribution < 1.29 is 13.3 Å². The third kappa shape index (κ3) is 3.75. The van der Waals surface area contributed by atoms with Crippen molar-refractivity contribution in [2.45, 2.75) is 6.92 Å². The van der Waals surface area contributed by atoms with Crippen LogP contribution in [0.5, 0.6) is 0 Å². The first-order chi connectivity index (χ1) is 11.1. The molecule has 0 saturated heterocycles. The second-order valence-corrected chi connectivity index (χ2v) is 5.18. The van der Waals surface area contributed by atoms with Gasteiger partial charge in [0, 0.05) is 17.0 Å². The Labute approximate surface area is 133 Å². The van der Waals surface area contributed by atoms with Crippen LogP contribution in [0.3, 0.4) is 0 Å². The minimum atomic E-state index is -2.89. The molecule has 0 aliphatic heterocycles. The summed E-state index contributed by atoms with van der Waals surface area (Å²) in [6.45, 7) is 1.94. The maximum Gasteiger partial charge on any atom is 0.796 e. The number of halogens is 2. The zero-order chi connectivity index (χ0) is 16.2. The topological polar surface area (TPSA) is 22.1 Å². The monoisotopic (exact) mass is 309 g/mol. The van der Waals surface area contributed by atoms with Crippen molar-refractivity contribution in [2.75, 3.05) is 0 Å². The van der Waals surface area contributed by atoms with Crippen molar-refractivity contribution in [3.8, 4) is 0 Å². The minimum absolute atomic E-state index is 0.0998. The number of hydrogen-bond donors (Lipinski definition) is 0. The molecule has 0 fully saturated rings. The summed E-state index contributed by atoms with van der Waals surface area (Å²) in [5.41, 5.74) is 3.02. The molecule has 0 N–H and O–H groups in total. The average Bonchev–Trinajstić information content (AvgIpc) is 2.54. The molecule has 0 bridgehead atoms. The largest absolute Gasteiger partial charge is 0.796 e. The quantitative estimate of drug-likeness (QED) is 0.501. The molecule has 1 heterocycles. The van der Waals surface area contributed by atoms with Crippen LogP contribution in [0.15, 0.2) is 60.7 Å². The predicted molar refractivity (Wildman–Crippen MR) is 89.8 cm³/mol. The Hall–Kier alpha value is -2.69. The normalized spacial score (nSPS) is 11.5. The highest BCUT2D eigenvalue weighted by molar-refractivity contribution is 6.36. The molecule has 2 aromatic carbocycles. The van der Waals surface area contributed by atoms with Gasteiger partial charge in [-0.1, -0.05) is 54.1 Å². The molecule has 0 radical (unpaired) electrons. The molecular formula is C18H14BF2NO. The Morgan fingerprint density at radius 2 is 1.74 bits per heavy atom. The van der Waals surface area contributed by atoms with E-state index in [1.807, 2.05) is 49.4 Å². The molecule has 0 amide bonds. The standard InChI is InChI=1S/C18H14BF2NO/c1-13-6-8-15(9-7-13)18(23-19(20)21)12-16-11-10-14-4-2-3-5-17(14)22-16/h2-12H,1H3/b18-12-. The van der Waals surface area contributed by atoms with E-state index in [2.05, 4.69) is 9.64 Å². The van der Waals surface area contributed by atoms with Gasteiger partial charge in [0.25, 0.3) is 0 Å². The minimum Gasteiger partial charge on any atom is -0.505 e. The highest BCUT2D eigenvalue weighted by Gasteiger charge is 2.20. The first-order valence-electron chi connectivity index (χ1n) is 7.21. The molecule has 5 heteroatoms. The van der Waals surface area contributed by atoms with Crippen molar-refractivity contribution in [3.63, 3.8) is 0 Å². The SMILES string of the molecule is Cc1ccc(/C(=C/c2ccc3ccccc3n2)OB(F)F)cc1. The Morgan fingerprint density at radius 3 is 2.48 bits per heavy atom. The Kier molecular flexibility index (Phi) is 4.37. The van der Waals surface area contributed by atoms with Crippen LogP contribution in [0.1, 0.15) is 16.8 Å². The molecule has 114 valence electrons. The van der Waals surface area contributed by atoms with Crippen molar-refractivity contribution >= 4 is 30.2 Å². The fourth-order valence-corrected chi connectivity index (χ4v) is 2.30. The molecule has 0 aliphatic carbocycles. The van der Waals surface area contributed by atoms with Crippen LogP contribution in [-0.2, 0) is 4.65 Å². The summed E-state index contributed by atoms with van der Waals surface area (Å²) in [4.78, 5) is 4.46. The lowest BCUT2D eigenvalue weighted by molar-refractivity contribution is 0.398. The van der Waals surface area contributed by atoms with Gasteiger partial charge in [-0.15, -0.1) is 0 Å². The molecule has 0 saturated carbocycles. The lowest BCUT2D eigenvalue weighted by atomic mass is 10.1. The lowest BCUT2D eigenvalue weighted by Crippen LogP contribution is -2.04. The second-order valence-electron chi connectivity index (χ2n) is 5.18. The van der Waals surface area contributed by atoms with E-state index < -0.39 is 7.47 Å². The fourth-order valence-electron chi connectivity index (χ4n) is 2.30. The van der Waals surface area contributed by atoms with Crippen molar-refractivity contribution in [3.05, 3.63) is 77.5 Å². The number of aryl methyl sites for hydroxylation is 1. The van der Waals surface area contributed by atoms with Gasteiger partial charge < -0.3 is 4.65 Å². The molecule has 0 spiro atoms. The number of hydrogen-bond acceptors (Lipinski definition) is 2. The Bertz CT molecular complexity index is 847. The molecule has 3 aromatic rings. The van der Waals surface area contributed by atoms with Gasteiger partial charge in [0.05, 0.1) is 11.2 Å². The van der Waals surface area contributed by atoms with Crippen LogP contribution in [-0.4, -0.2) is 12.5 Å². The third-order valence-electron chi connectivity index (χ3n) is 3.45. The van der Waals surface area contributed by atoms with Crippen LogP contribution in [0.2, 0.25) is 0 Å². The summed E-state index contributed by atoms with van der Waals surface area (Å²) < 4.78 is 30.1. The van der Waals surface area contributed by atoms with Gasteiger partial charge in [0.15, 0.2) is 0 Å². The van der Waals surface area contributed by atoms with Crippen LogP contribution in [0, 0.1) is 6.92 Å². The van der Waals surface area contributed by atoms with Crippen LogP contribution in [0.4, 0.5) is 8.63 Å². The zero-order valence-corrected chi connectivity index (χ0v) is 12.5. The van der Waals surface area contributed by atoms with E-state index >= 15 is 0 Å². The number of benzene rings is 2. The Morgan fingerprint density at radius 1 is 1.00 bits per heavy atom. The van der Waals surface area contributed by atoms with E-state index in [0.29, 0.717) is 11.3 Å². The van der Waals surface area contributed by atoms with Crippen LogP contribution >= 0.6 is 0 Å². The van der Waals surface area contributed by atoms with E-state index in [9.17, 15) is 8.63 Å². The van der Waals surface area contributed by atoms with E-state index in [0.717, 1.165) is 16.5 Å². The van der Waals surface area contributed by atoms with Gasteiger partial charge in [0.1, 0.15) is 5.76 Å². The Balaban J connectivity index is 2.02. The third-order valence-corrected chi connectivity index (χ3v) is 3.45. The van der Waals surface area contributed by atoms with Gasteiger partial charge in [-0.3, -0.25) is 0 Å². The number of para-hydroxylation sites is 1. The summed E-state index contributed by atoms with van der Waals surface area (Å²) >= 11 is 0. The summed E-state index contributed by atoms with van der Waals surface area (Å²) in [6.07, 6.45) is 1.53. The first-order valence-corrected chi connectivity index (χ1v) is 7.21. The molecule has 23 heavy (non-hydrogen) atoms. The summed E-state index contributed by atoms with van der Waals surface area (Å²) in [6, 6.07) is 18.6. The van der Waals surface area contributed by atoms with Gasteiger partial charge in [-0.2, -0.15) is 0 Å². The number of rotatable bonds is 4. The van der Waals surface area contributed by atoms with Gasteiger partial charge in [-0.25, -0.2) is 13.6 Å². The highest BCUT2D eigenvalue weighted by Crippen LogP contribution is 2.22. The number of fused-ring (bicyclic) bond motifs is 1. The van der Waals surface area contributed by atoms with Crippen molar-refractivity contribution in [1.29, 1.82) is 0 Å². The number of pyridine rings is 1. The van der Waals surface area contributed by atoms with Crippen molar-refractivity contribution in [2.24, 2.45) is 0 Å².